The molecule has 0 aliphatic heterocycles. The molecule has 0 saturated heterocycles. The third-order valence-electron chi connectivity index (χ3n) is 2.92. The Hall–Kier alpha value is -0.580. The predicted octanol–water partition coefficient (Wildman–Crippen LogP) is 3.22. The zero-order valence-corrected chi connectivity index (χ0v) is 15.5. The fourth-order valence-electron chi connectivity index (χ4n) is 1.85. The first-order valence-electron chi connectivity index (χ1n) is 6.40. The minimum absolute atomic E-state index is 0.0273. The fraction of sp³-hybridized carbons (Fsp3) is 0.200. The van der Waals surface area contributed by atoms with E-state index in [0.717, 1.165) is 24.9 Å². The maximum absolute atomic E-state index is 9.30. The van der Waals surface area contributed by atoms with Gasteiger partial charge in [-0.1, -0.05) is 0 Å². The second-order valence-electron chi connectivity index (χ2n) is 4.68. The van der Waals surface area contributed by atoms with Gasteiger partial charge in [0.15, 0.2) is 5.75 Å². The molecule has 5 N–H and O–H groups in total. The van der Waals surface area contributed by atoms with E-state index in [9.17, 15) is 5.11 Å². The number of halogens is 2. The van der Waals surface area contributed by atoms with Gasteiger partial charge in [0.05, 0.1) is 7.14 Å². The van der Waals surface area contributed by atoms with Crippen LogP contribution in [0.1, 0.15) is 5.56 Å². The minimum Gasteiger partial charge on any atom is -0.508 e. The van der Waals surface area contributed by atoms with Crippen molar-refractivity contribution in [3.8, 4) is 17.2 Å². The summed E-state index contributed by atoms with van der Waals surface area (Å²) in [5, 5.41) is 9.30. The lowest BCUT2D eigenvalue weighted by molar-refractivity contribution is 0.461. The molecule has 0 spiro atoms. The monoisotopic (exact) mass is 510 g/mol. The van der Waals surface area contributed by atoms with E-state index in [-0.39, 0.29) is 11.8 Å². The number of aromatic hydroxyl groups is 1. The van der Waals surface area contributed by atoms with Crippen molar-refractivity contribution >= 4 is 45.2 Å². The molecule has 0 amide bonds. The maximum Gasteiger partial charge on any atom is 0.154 e. The highest BCUT2D eigenvalue weighted by Gasteiger charge is 2.12. The Morgan fingerprint density at radius 3 is 2.19 bits per heavy atom. The summed E-state index contributed by atoms with van der Waals surface area (Å²) in [7, 11) is 0. The SMILES string of the molecule is NC[C@H](N)Cc1cc(I)c(Oc2ccc(O)cc2)c(I)c1. The van der Waals surface area contributed by atoms with Crippen molar-refractivity contribution in [1.82, 2.24) is 0 Å². The topological polar surface area (TPSA) is 81.5 Å². The lowest BCUT2D eigenvalue weighted by Gasteiger charge is -2.14. The van der Waals surface area contributed by atoms with Crippen LogP contribution in [0.2, 0.25) is 0 Å². The number of ether oxygens (including phenoxy) is 1. The molecule has 6 heteroatoms. The second-order valence-corrected chi connectivity index (χ2v) is 7.01. The Kier molecular flexibility index (Phi) is 6.08. The van der Waals surface area contributed by atoms with Gasteiger partial charge in [-0.15, -0.1) is 0 Å². The smallest absolute Gasteiger partial charge is 0.154 e. The Morgan fingerprint density at radius 1 is 1.10 bits per heavy atom. The van der Waals surface area contributed by atoms with Crippen LogP contribution in [0.25, 0.3) is 0 Å². The molecule has 0 unspecified atom stereocenters. The highest BCUT2D eigenvalue weighted by molar-refractivity contribution is 14.1. The molecule has 2 aromatic rings. The van der Waals surface area contributed by atoms with Gasteiger partial charge < -0.3 is 21.3 Å². The standard InChI is InChI=1S/C15H16I2N2O2/c16-13-6-9(5-10(19)8-18)7-14(17)15(13)21-12-3-1-11(20)2-4-12/h1-4,6-7,10,20H,5,8,18-19H2/t10-/m1/s1. The van der Waals surface area contributed by atoms with Gasteiger partial charge in [-0.3, -0.25) is 0 Å². The Bertz CT molecular complexity index is 595. The number of rotatable bonds is 5. The summed E-state index contributed by atoms with van der Waals surface area (Å²) >= 11 is 4.51. The minimum atomic E-state index is -0.0273. The van der Waals surface area contributed by atoms with Crippen LogP contribution in [0, 0.1) is 7.14 Å². The van der Waals surface area contributed by atoms with Crippen LogP contribution in [-0.2, 0) is 6.42 Å². The number of nitrogens with two attached hydrogens (primary N) is 2. The first-order valence-corrected chi connectivity index (χ1v) is 8.56. The van der Waals surface area contributed by atoms with Crippen molar-refractivity contribution in [3.63, 3.8) is 0 Å². The molecule has 0 aliphatic rings. The van der Waals surface area contributed by atoms with Crippen LogP contribution in [0.4, 0.5) is 0 Å². The van der Waals surface area contributed by atoms with Crippen molar-refractivity contribution in [2.45, 2.75) is 12.5 Å². The molecule has 2 aromatic carbocycles. The summed E-state index contributed by atoms with van der Waals surface area (Å²) in [4.78, 5) is 0. The molecular weight excluding hydrogens is 494 g/mol. The Morgan fingerprint density at radius 2 is 1.67 bits per heavy atom. The van der Waals surface area contributed by atoms with E-state index < -0.39 is 0 Å². The third kappa shape index (κ3) is 4.70. The van der Waals surface area contributed by atoms with Crippen LogP contribution in [0.3, 0.4) is 0 Å². The Labute approximate surface area is 151 Å². The highest BCUT2D eigenvalue weighted by Crippen LogP contribution is 2.33. The zero-order chi connectivity index (χ0) is 15.4. The lowest BCUT2D eigenvalue weighted by Crippen LogP contribution is -2.31. The first-order chi connectivity index (χ1) is 9.99. The normalized spacial score (nSPS) is 12.2. The molecule has 1 atom stereocenters. The van der Waals surface area contributed by atoms with Gasteiger partial charge in [-0.2, -0.15) is 0 Å². The van der Waals surface area contributed by atoms with Crippen LogP contribution in [-0.4, -0.2) is 17.7 Å². The van der Waals surface area contributed by atoms with Crippen LogP contribution in [0.15, 0.2) is 36.4 Å². The van der Waals surface area contributed by atoms with Crippen molar-refractivity contribution in [3.05, 3.63) is 49.1 Å². The molecule has 0 aliphatic carbocycles. The number of hydrogen-bond acceptors (Lipinski definition) is 4. The van der Waals surface area contributed by atoms with E-state index in [1.54, 1.807) is 24.3 Å². The first kappa shape index (κ1) is 16.8. The quantitative estimate of drug-likeness (QED) is 0.540. The largest absolute Gasteiger partial charge is 0.508 e. The highest BCUT2D eigenvalue weighted by atomic mass is 127. The average molecular weight is 510 g/mol. The summed E-state index contributed by atoms with van der Waals surface area (Å²) in [5.41, 5.74) is 12.6. The molecule has 0 aromatic heterocycles. The van der Waals surface area contributed by atoms with E-state index in [4.69, 9.17) is 16.2 Å². The van der Waals surface area contributed by atoms with Crippen molar-refractivity contribution in [2.24, 2.45) is 11.5 Å². The predicted molar refractivity (Wildman–Crippen MR) is 101 cm³/mol. The van der Waals surface area contributed by atoms with Crippen molar-refractivity contribution < 1.29 is 9.84 Å². The average Bonchev–Trinajstić information content (AvgIpc) is 2.44. The van der Waals surface area contributed by atoms with Gasteiger partial charge in [0.1, 0.15) is 11.5 Å². The van der Waals surface area contributed by atoms with E-state index in [1.165, 1.54) is 0 Å². The number of hydrogen-bond donors (Lipinski definition) is 3. The van der Waals surface area contributed by atoms with E-state index in [0.29, 0.717) is 12.3 Å². The summed E-state index contributed by atoms with van der Waals surface area (Å²) in [6.07, 6.45) is 0.752. The van der Waals surface area contributed by atoms with E-state index >= 15 is 0 Å². The van der Waals surface area contributed by atoms with Crippen LogP contribution >= 0.6 is 45.2 Å². The van der Waals surface area contributed by atoms with Crippen molar-refractivity contribution in [2.75, 3.05) is 6.54 Å². The molecule has 21 heavy (non-hydrogen) atoms. The van der Waals surface area contributed by atoms with Gasteiger partial charge in [-0.05, 0) is 93.6 Å². The van der Waals surface area contributed by atoms with Gasteiger partial charge in [-0.25, -0.2) is 0 Å². The molecule has 4 nitrogen and oxygen atoms in total. The molecular formula is C15H16I2N2O2. The maximum atomic E-state index is 9.30. The van der Waals surface area contributed by atoms with E-state index in [1.807, 2.05) is 0 Å². The van der Waals surface area contributed by atoms with Gasteiger partial charge in [0, 0.05) is 12.6 Å². The zero-order valence-electron chi connectivity index (χ0n) is 11.2. The summed E-state index contributed by atoms with van der Waals surface area (Å²) in [6.45, 7) is 0.471. The molecule has 0 saturated carbocycles. The molecule has 112 valence electrons. The van der Waals surface area contributed by atoms with Gasteiger partial charge in [0.2, 0.25) is 0 Å². The molecule has 0 bridgehead atoms. The molecule has 0 fully saturated rings. The summed E-state index contributed by atoms with van der Waals surface area (Å²) < 4.78 is 7.94. The fourth-order valence-corrected chi connectivity index (χ4v) is 3.96. The third-order valence-corrected chi connectivity index (χ3v) is 4.52. The molecule has 0 heterocycles. The number of phenols is 1. The summed E-state index contributed by atoms with van der Waals surface area (Å²) in [5.74, 6) is 1.72. The lowest BCUT2D eigenvalue weighted by atomic mass is 10.1. The van der Waals surface area contributed by atoms with E-state index in [2.05, 4.69) is 57.3 Å². The molecule has 2 rings (SSSR count). The Balaban J connectivity index is 2.22. The van der Waals surface area contributed by atoms with Crippen LogP contribution < -0.4 is 16.2 Å². The van der Waals surface area contributed by atoms with Crippen LogP contribution in [0.5, 0.6) is 17.2 Å². The van der Waals surface area contributed by atoms with Gasteiger partial charge in [0.25, 0.3) is 0 Å². The van der Waals surface area contributed by atoms with Crippen molar-refractivity contribution in [1.29, 1.82) is 0 Å². The number of phenolic OH excluding ortho intramolecular Hbond substituents is 1. The molecule has 0 radical (unpaired) electrons. The van der Waals surface area contributed by atoms with Gasteiger partial charge >= 0.3 is 0 Å². The number of benzene rings is 2. The summed E-state index contributed by atoms with van der Waals surface area (Å²) in [6, 6.07) is 10.8. The second kappa shape index (κ2) is 7.61.